The fourth-order valence-electron chi connectivity index (χ4n) is 2.73. The lowest BCUT2D eigenvalue weighted by Crippen LogP contribution is -2.32. The molecule has 0 radical (unpaired) electrons. The molecule has 0 unspecified atom stereocenters. The van der Waals surface area contributed by atoms with Crippen LogP contribution in [0, 0.1) is 0 Å². The Morgan fingerprint density at radius 2 is 2.08 bits per heavy atom. The molecule has 1 aliphatic rings. The van der Waals surface area contributed by atoms with Gasteiger partial charge in [0.25, 0.3) is 0 Å². The molecule has 6 nitrogen and oxygen atoms in total. The van der Waals surface area contributed by atoms with Crippen molar-refractivity contribution in [1.82, 2.24) is 15.3 Å². The summed E-state index contributed by atoms with van der Waals surface area (Å²) in [5.74, 6) is 1.79. The number of ether oxygens (including phenoxy) is 1. The summed E-state index contributed by atoms with van der Waals surface area (Å²) >= 11 is 5.21. The number of aromatic nitrogens is 2. The van der Waals surface area contributed by atoms with Crippen molar-refractivity contribution in [1.29, 1.82) is 0 Å². The van der Waals surface area contributed by atoms with Crippen LogP contribution in [0.1, 0.15) is 18.1 Å². The van der Waals surface area contributed by atoms with Crippen LogP contribution in [0.5, 0.6) is 5.88 Å². The highest BCUT2D eigenvalue weighted by atomic mass is 32.1. The van der Waals surface area contributed by atoms with Crippen molar-refractivity contribution in [2.75, 3.05) is 30.4 Å². The number of hydrogen-bond donors (Lipinski definition) is 2. The summed E-state index contributed by atoms with van der Waals surface area (Å²) in [5, 5.41) is 6.54. The van der Waals surface area contributed by atoms with Crippen LogP contribution in [0.2, 0.25) is 0 Å². The van der Waals surface area contributed by atoms with Gasteiger partial charge in [-0.1, -0.05) is 24.3 Å². The van der Waals surface area contributed by atoms with Gasteiger partial charge in [-0.25, -0.2) is 0 Å². The predicted octanol–water partition coefficient (Wildman–Crippen LogP) is 2.35. The lowest BCUT2D eigenvalue weighted by molar-refractivity contribution is 0.397. The van der Waals surface area contributed by atoms with E-state index < -0.39 is 0 Å². The minimum absolute atomic E-state index is 0.439. The van der Waals surface area contributed by atoms with Crippen LogP contribution in [0.3, 0.4) is 0 Å². The number of hydrogen-bond acceptors (Lipinski definition) is 5. The summed E-state index contributed by atoms with van der Waals surface area (Å²) < 4.78 is 5.32. The number of thiocarbonyl (C=S) groups is 1. The lowest BCUT2D eigenvalue weighted by Gasteiger charge is -2.30. The summed E-state index contributed by atoms with van der Waals surface area (Å²) in [4.78, 5) is 11.1. The Balaban J connectivity index is 1.84. The summed E-state index contributed by atoms with van der Waals surface area (Å²) in [5.41, 5.74) is 2.74. The number of nitrogens with zero attached hydrogens (tertiary/aromatic N) is 3. The molecule has 7 heteroatoms. The Morgan fingerprint density at radius 3 is 2.83 bits per heavy atom. The molecule has 1 aromatic carbocycles. The molecular weight excluding hydrogens is 322 g/mol. The average molecular weight is 343 g/mol. The van der Waals surface area contributed by atoms with Gasteiger partial charge in [-0.3, -0.25) is 0 Å². The van der Waals surface area contributed by atoms with Crippen LogP contribution >= 0.6 is 12.2 Å². The van der Waals surface area contributed by atoms with Crippen molar-refractivity contribution >= 4 is 29.1 Å². The molecule has 0 aliphatic carbocycles. The van der Waals surface area contributed by atoms with E-state index in [-0.39, 0.29) is 0 Å². The van der Waals surface area contributed by atoms with Crippen molar-refractivity contribution in [3.05, 3.63) is 41.5 Å². The number of methoxy groups -OCH3 is 1. The zero-order valence-corrected chi connectivity index (χ0v) is 14.7. The molecule has 0 atom stereocenters. The third-order valence-corrected chi connectivity index (χ3v) is 4.16. The highest BCUT2D eigenvalue weighted by Crippen LogP contribution is 2.26. The van der Waals surface area contributed by atoms with Gasteiger partial charge < -0.3 is 20.3 Å². The maximum absolute atomic E-state index is 5.32. The first kappa shape index (κ1) is 16.4. The van der Waals surface area contributed by atoms with Crippen molar-refractivity contribution in [3.8, 4) is 5.88 Å². The second-order valence-electron chi connectivity index (χ2n) is 5.52. The van der Waals surface area contributed by atoms with E-state index in [0.717, 1.165) is 31.9 Å². The van der Waals surface area contributed by atoms with Crippen LogP contribution in [0.15, 0.2) is 30.3 Å². The summed E-state index contributed by atoms with van der Waals surface area (Å²) in [6.07, 6.45) is 1.00. The van der Waals surface area contributed by atoms with Gasteiger partial charge in [-0.2, -0.15) is 9.97 Å². The Bertz CT molecular complexity index is 737. The molecular formula is C17H21N5OS. The quantitative estimate of drug-likeness (QED) is 0.826. The van der Waals surface area contributed by atoms with Gasteiger partial charge in [0.05, 0.1) is 7.11 Å². The first-order valence-electron chi connectivity index (χ1n) is 7.99. The normalized spacial score (nSPS) is 13.2. The van der Waals surface area contributed by atoms with Crippen LogP contribution < -0.4 is 20.3 Å². The molecule has 3 rings (SSSR count). The topological polar surface area (TPSA) is 62.3 Å². The average Bonchev–Trinajstić information content (AvgIpc) is 2.61. The van der Waals surface area contributed by atoms with Gasteiger partial charge in [0.15, 0.2) is 5.11 Å². The van der Waals surface area contributed by atoms with E-state index in [2.05, 4.69) is 49.8 Å². The molecule has 0 amide bonds. The van der Waals surface area contributed by atoms with Crippen LogP contribution in [0.25, 0.3) is 0 Å². The van der Waals surface area contributed by atoms with Crippen molar-refractivity contribution < 1.29 is 4.74 Å². The lowest BCUT2D eigenvalue weighted by atomic mass is 10.00. The maximum atomic E-state index is 5.32. The molecule has 0 saturated carbocycles. The first-order valence-corrected chi connectivity index (χ1v) is 8.40. The zero-order chi connectivity index (χ0) is 16.9. The van der Waals surface area contributed by atoms with Crippen LogP contribution in [-0.4, -0.2) is 35.3 Å². The van der Waals surface area contributed by atoms with Gasteiger partial charge in [0.2, 0.25) is 11.8 Å². The fourth-order valence-corrected chi connectivity index (χ4v) is 2.97. The molecule has 0 saturated heterocycles. The Labute approximate surface area is 147 Å². The first-order chi connectivity index (χ1) is 11.7. The van der Waals surface area contributed by atoms with Crippen molar-refractivity contribution in [2.24, 2.45) is 0 Å². The molecule has 24 heavy (non-hydrogen) atoms. The minimum Gasteiger partial charge on any atom is -0.481 e. The van der Waals surface area contributed by atoms with Crippen molar-refractivity contribution in [2.45, 2.75) is 19.9 Å². The molecule has 1 aliphatic heterocycles. The second kappa shape index (κ2) is 7.44. The van der Waals surface area contributed by atoms with Crippen molar-refractivity contribution in [3.63, 3.8) is 0 Å². The minimum atomic E-state index is 0.439. The van der Waals surface area contributed by atoms with Gasteiger partial charge in [0, 0.05) is 25.7 Å². The summed E-state index contributed by atoms with van der Waals surface area (Å²) in [6, 6.07) is 10.4. The van der Waals surface area contributed by atoms with E-state index >= 15 is 0 Å². The number of rotatable bonds is 4. The van der Waals surface area contributed by atoms with Gasteiger partial charge in [-0.05, 0) is 36.7 Å². The van der Waals surface area contributed by atoms with E-state index in [1.165, 1.54) is 11.1 Å². The standard InChI is InChI=1S/C17H21N5OS/c1-3-18-17(24)21-16-19-14(10-15(20-16)23-2)22-9-8-12-6-4-5-7-13(12)11-22/h4-7,10H,3,8-9,11H2,1-2H3,(H2,18,19,20,21,24). The third-order valence-electron chi connectivity index (χ3n) is 3.92. The molecule has 2 aromatic rings. The molecule has 2 N–H and O–H groups in total. The number of nitrogens with one attached hydrogen (secondary N) is 2. The molecule has 1 aromatic heterocycles. The molecule has 2 heterocycles. The van der Waals surface area contributed by atoms with Crippen LogP contribution in [0.4, 0.5) is 11.8 Å². The van der Waals surface area contributed by atoms with Gasteiger partial charge in [0.1, 0.15) is 5.82 Å². The number of benzene rings is 1. The van der Waals surface area contributed by atoms with Crippen LogP contribution in [-0.2, 0) is 13.0 Å². The zero-order valence-electron chi connectivity index (χ0n) is 13.9. The maximum Gasteiger partial charge on any atom is 0.234 e. The largest absolute Gasteiger partial charge is 0.481 e. The molecule has 0 bridgehead atoms. The summed E-state index contributed by atoms with van der Waals surface area (Å²) in [7, 11) is 1.60. The summed E-state index contributed by atoms with van der Waals surface area (Å²) in [6.45, 7) is 4.46. The molecule has 126 valence electrons. The molecule has 0 fully saturated rings. The number of fused-ring (bicyclic) bond motifs is 1. The Kier molecular flexibility index (Phi) is 5.10. The third kappa shape index (κ3) is 3.73. The second-order valence-corrected chi connectivity index (χ2v) is 5.93. The van der Waals surface area contributed by atoms with E-state index in [0.29, 0.717) is 16.9 Å². The smallest absolute Gasteiger partial charge is 0.234 e. The molecule has 0 spiro atoms. The number of anilines is 2. The monoisotopic (exact) mass is 343 g/mol. The highest BCUT2D eigenvalue weighted by molar-refractivity contribution is 7.80. The Morgan fingerprint density at radius 1 is 1.29 bits per heavy atom. The van der Waals surface area contributed by atoms with Gasteiger partial charge >= 0.3 is 0 Å². The van der Waals surface area contributed by atoms with E-state index in [1.54, 1.807) is 7.11 Å². The van der Waals surface area contributed by atoms with E-state index in [1.807, 2.05) is 13.0 Å². The highest BCUT2D eigenvalue weighted by Gasteiger charge is 2.19. The SMILES string of the molecule is CCNC(=S)Nc1nc(OC)cc(N2CCc3ccccc3C2)n1. The van der Waals surface area contributed by atoms with Gasteiger partial charge in [-0.15, -0.1) is 0 Å². The van der Waals surface area contributed by atoms with E-state index in [9.17, 15) is 0 Å². The predicted molar refractivity (Wildman–Crippen MR) is 99.7 cm³/mol. The van der Waals surface area contributed by atoms with E-state index in [4.69, 9.17) is 17.0 Å². The Hall–Kier alpha value is -2.41. The fraction of sp³-hybridized carbons (Fsp3) is 0.353.